The van der Waals surface area contributed by atoms with Crippen molar-refractivity contribution >= 4 is 11.3 Å². The van der Waals surface area contributed by atoms with Crippen LogP contribution in [-0.4, -0.2) is 17.9 Å². The highest BCUT2D eigenvalue weighted by atomic mass is 32.1. The monoisotopic (exact) mass is 343 g/mol. The minimum absolute atomic E-state index is 0.114. The number of aryl methyl sites for hydroxylation is 1. The fourth-order valence-electron chi connectivity index (χ4n) is 2.16. The summed E-state index contributed by atoms with van der Waals surface area (Å²) in [6.45, 7) is 3.25. The van der Waals surface area contributed by atoms with Crippen molar-refractivity contribution in [2.45, 2.75) is 39.0 Å². The molecule has 128 valence electrons. The van der Waals surface area contributed by atoms with Crippen LogP contribution in [0, 0.1) is 17.8 Å². The Morgan fingerprint density at radius 3 is 2.75 bits per heavy atom. The van der Waals surface area contributed by atoms with E-state index in [-0.39, 0.29) is 5.92 Å². The predicted molar refractivity (Wildman–Crippen MR) is 99.6 cm³/mol. The molecular formula is C20H25NO2S. The molecule has 1 aromatic carbocycles. The minimum Gasteiger partial charge on any atom is -0.379 e. The van der Waals surface area contributed by atoms with Gasteiger partial charge in [-0.1, -0.05) is 49.1 Å². The zero-order valence-electron chi connectivity index (χ0n) is 14.1. The zero-order valence-corrected chi connectivity index (χ0v) is 14.9. The maximum atomic E-state index is 9.31. The van der Waals surface area contributed by atoms with Gasteiger partial charge in [0.1, 0.15) is 6.23 Å². The van der Waals surface area contributed by atoms with E-state index in [2.05, 4.69) is 36.1 Å². The van der Waals surface area contributed by atoms with Crippen LogP contribution in [0.1, 0.15) is 35.1 Å². The Morgan fingerprint density at radius 2 is 2.00 bits per heavy atom. The highest BCUT2D eigenvalue weighted by Gasteiger charge is 2.09. The average Bonchev–Trinajstić information content (AvgIpc) is 3.04. The van der Waals surface area contributed by atoms with Gasteiger partial charge in [0.25, 0.3) is 0 Å². The van der Waals surface area contributed by atoms with Gasteiger partial charge in [-0.05, 0) is 36.5 Å². The summed E-state index contributed by atoms with van der Waals surface area (Å²) in [4.78, 5) is 2.36. The first kappa shape index (κ1) is 18.7. The van der Waals surface area contributed by atoms with Crippen LogP contribution in [-0.2, 0) is 17.8 Å². The lowest BCUT2D eigenvalue weighted by Gasteiger charge is -2.12. The third-order valence-electron chi connectivity index (χ3n) is 3.79. The molecule has 2 rings (SSSR count). The lowest BCUT2D eigenvalue weighted by molar-refractivity contribution is 0.119. The smallest absolute Gasteiger partial charge is 0.105 e. The molecule has 0 saturated carbocycles. The van der Waals surface area contributed by atoms with Crippen molar-refractivity contribution in [2.24, 2.45) is 11.7 Å². The fraction of sp³-hybridized carbons (Fsp3) is 0.400. The number of rotatable bonds is 8. The van der Waals surface area contributed by atoms with Crippen molar-refractivity contribution in [3.63, 3.8) is 0 Å². The van der Waals surface area contributed by atoms with Gasteiger partial charge in [-0.15, -0.1) is 11.3 Å². The molecule has 3 nitrogen and oxygen atoms in total. The molecular weight excluding hydrogens is 318 g/mol. The second kappa shape index (κ2) is 10.3. The van der Waals surface area contributed by atoms with Gasteiger partial charge in [-0.25, -0.2) is 0 Å². The van der Waals surface area contributed by atoms with Crippen LogP contribution >= 0.6 is 11.3 Å². The summed E-state index contributed by atoms with van der Waals surface area (Å²) in [5.74, 6) is 6.46. The third kappa shape index (κ3) is 6.86. The Kier molecular flexibility index (Phi) is 8.00. The topological polar surface area (TPSA) is 55.5 Å². The van der Waals surface area contributed by atoms with Gasteiger partial charge < -0.3 is 15.6 Å². The van der Waals surface area contributed by atoms with E-state index in [1.807, 2.05) is 25.1 Å². The van der Waals surface area contributed by atoms with E-state index >= 15 is 0 Å². The summed E-state index contributed by atoms with van der Waals surface area (Å²) in [5, 5.41) is 9.31. The van der Waals surface area contributed by atoms with Gasteiger partial charge in [0.15, 0.2) is 0 Å². The normalized spacial score (nSPS) is 13.1. The number of hydrogen-bond acceptors (Lipinski definition) is 4. The van der Waals surface area contributed by atoms with Crippen LogP contribution < -0.4 is 5.73 Å². The fourth-order valence-corrected chi connectivity index (χ4v) is 3.05. The van der Waals surface area contributed by atoms with E-state index in [0.717, 1.165) is 24.1 Å². The van der Waals surface area contributed by atoms with E-state index in [4.69, 9.17) is 10.5 Å². The summed E-state index contributed by atoms with van der Waals surface area (Å²) >= 11 is 1.71. The molecule has 24 heavy (non-hydrogen) atoms. The Balaban J connectivity index is 1.66. The van der Waals surface area contributed by atoms with Crippen molar-refractivity contribution in [2.75, 3.05) is 6.61 Å². The molecule has 4 heteroatoms. The quantitative estimate of drug-likeness (QED) is 0.438. The summed E-state index contributed by atoms with van der Waals surface area (Å²) in [7, 11) is 0. The average molecular weight is 343 g/mol. The number of aliphatic hydroxyl groups excluding tert-OH is 1. The molecule has 0 bridgehead atoms. The Hall–Kier alpha value is -1.64. The molecule has 2 atom stereocenters. The Morgan fingerprint density at radius 1 is 1.21 bits per heavy atom. The van der Waals surface area contributed by atoms with E-state index < -0.39 is 6.23 Å². The van der Waals surface area contributed by atoms with Crippen LogP contribution in [0.5, 0.6) is 0 Å². The van der Waals surface area contributed by atoms with Crippen LogP contribution in [0.2, 0.25) is 0 Å². The SMILES string of the molecule is C[C@H](CCc1ccc(C#CCCOCc2ccccc2)s1)C(N)O. The van der Waals surface area contributed by atoms with Crippen LogP contribution in [0.4, 0.5) is 0 Å². The number of benzene rings is 1. The maximum Gasteiger partial charge on any atom is 0.105 e. The molecule has 0 radical (unpaired) electrons. The maximum absolute atomic E-state index is 9.31. The number of thiophene rings is 1. The Bertz CT molecular complexity index is 655. The highest BCUT2D eigenvalue weighted by Crippen LogP contribution is 2.19. The van der Waals surface area contributed by atoms with E-state index in [1.165, 1.54) is 10.4 Å². The van der Waals surface area contributed by atoms with Crippen LogP contribution in [0.3, 0.4) is 0 Å². The summed E-state index contributed by atoms with van der Waals surface area (Å²) < 4.78 is 5.62. The molecule has 0 spiro atoms. The molecule has 1 aromatic heterocycles. The van der Waals surface area contributed by atoms with Gasteiger partial charge in [-0.2, -0.15) is 0 Å². The largest absolute Gasteiger partial charge is 0.379 e. The first-order valence-corrected chi connectivity index (χ1v) is 9.09. The molecule has 0 saturated heterocycles. The van der Waals surface area contributed by atoms with Gasteiger partial charge in [0.2, 0.25) is 0 Å². The number of aliphatic hydroxyl groups is 1. The summed E-state index contributed by atoms with van der Waals surface area (Å²) in [6, 6.07) is 14.3. The molecule has 2 aromatic rings. The third-order valence-corrected chi connectivity index (χ3v) is 4.85. The first-order chi connectivity index (χ1) is 11.6. The summed E-state index contributed by atoms with van der Waals surface area (Å²) in [5.41, 5.74) is 6.66. The van der Waals surface area contributed by atoms with Crippen molar-refractivity contribution in [1.82, 2.24) is 0 Å². The number of nitrogens with two attached hydrogens (primary N) is 1. The molecule has 0 fully saturated rings. The van der Waals surface area contributed by atoms with Gasteiger partial charge in [0, 0.05) is 11.3 Å². The van der Waals surface area contributed by atoms with Crippen molar-refractivity contribution < 1.29 is 9.84 Å². The van der Waals surface area contributed by atoms with E-state index in [1.54, 1.807) is 11.3 Å². The Labute approximate surface area is 148 Å². The van der Waals surface area contributed by atoms with Gasteiger partial charge in [-0.3, -0.25) is 0 Å². The lowest BCUT2D eigenvalue weighted by Crippen LogP contribution is -2.27. The molecule has 0 aliphatic carbocycles. The second-order valence-electron chi connectivity index (χ2n) is 5.86. The lowest BCUT2D eigenvalue weighted by atomic mass is 10.0. The first-order valence-electron chi connectivity index (χ1n) is 8.28. The number of ether oxygens (including phenoxy) is 1. The molecule has 0 aliphatic heterocycles. The highest BCUT2D eigenvalue weighted by molar-refractivity contribution is 7.12. The molecule has 1 heterocycles. The van der Waals surface area contributed by atoms with E-state index in [0.29, 0.717) is 13.2 Å². The molecule has 3 N–H and O–H groups in total. The van der Waals surface area contributed by atoms with Crippen LogP contribution in [0.15, 0.2) is 42.5 Å². The second-order valence-corrected chi connectivity index (χ2v) is 7.03. The zero-order chi connectivity index (χ0) is 17.2. The molecule has 0 aliphatic rings. The number of hydrogen-bond donors (Lipinski definition) is 2. The molecule has 1 unspecified atom stereocenters. The minimum atomic E-state index is -0.736. The van der Waals surface area contributed by atoms with E-state index in [9.17, 15) is 5.11 Å². The van der Waals surface area contributed by atoms with Gasteiger partial charge >= 0.3 is 0 Å². The van der Waals surface area contributed by atoms with Crippen molar-refractivity contribution in [3.8, 4) is 11.8 Å². The van der Waals surface area contributed by atoms with Crippen LogP contribution in [0.25, 0.3) is 0 Å². The van der Waals surface area contributed by atoms with Gasteiger partial charge in [0.05, 0.1) is 18.1 Å². The van der Waals surface area contributed by atoms with Crippen molar-refractivity contribution in [1.29, 1.82) is 0 Å². The summed E-state index contributed by atoms with van der Waals surface area (Å²) in [6.07, 6.45) is 1.82. The molecule has 0 amide bonds. The van der Waals surface area contributed by atoms with Crippen molar-refractivity contribution in [3.05, 3.63) is 57.8 Å². The predicted octanol–water partition coefficient (Wildman–Crippen LogP) is 3.55. The standard InChI is InChI=1S/C20H25NO2S/c1-16(20(21)22)10-11-19-13-12-18(24-19)9-5-6-14-23-15-17-7-3-2-4-8-17/h2-4,7-8,12-13,16,20,22H,6,10-11,14-15,21H2,1H3/t16-,20?/m1/s1.